The smallest absolute Gasteiger partial charge is 0.217 e. The van der Waals surface area contributed by atoms with Crippen molar-refractivity contribution in [3.05, 3.63) is 51.7 Å². The van der Waals surface area contributed by atoms with E-state index in [4.69, 9.17) is 0 Å². The van der Waals surface area contributed by atoms with Crippen LogP contribution in [0.25, 0.3) is 5.69 Å². The number of rotatable bonds is 7. The molecule has 1 aromatic carbocycles. The topological polar surface area (TPSA) is 89.8 Å². The van der Waals surface area contributed by atoms with Crippen molar-refractivity contribution in [1.29, 1.82) is 0 Å². The van der Waals surface area contributed by atoms with Gasteiger partial charge in [0.25, 0.3) is 0 Å². The first-order chi connectivity index (χ1) is 12.5. The van der Waals surface area contributed by atoms with Crippen LogP contribution < -0.4 is 5.32 Å². The van der Waals surface area contributed by atoms with Crippen LogP contribution in [0.15, 0.2) is 41.6 Å². The number of hydrogen-bond donors (Lipinski definition) is 1. The highest BCUT2D eigenvalue weighted by Gasteiger charge is 2.14. The standard InChI is InChI=1S/C17H17N5O2S2/c1-11-4-3-5-13(8-11)22-17(19-20-21-22)25-10-15(24)16-7-6-14(26-16)9-18-12(2)23/h3-8H,9-10H2,1-2H3,(H,18,23). The molecule has 0 spiro atoms. The van der Waals surface area contributed by atoms with Gasteiger partial charge in [-0.1, -0.05) is 23.9 Å². The van der Waals surface area contributed by atoms with Gasteiger partial charge in [-0.3, -0.25) is 9.59 Å². The first kappa shape index (κ1) is 18.3. The maximum absolute atomic E-state index is 12.4. The van der Waals surface area contributed by atoms with Gasteiger partial charge in [0.1, 0.15) is 0 Å². The van der Waals surface area contributed by atoms with Crippen molar-refractivity contribution in [2.24, 2.45) is 0 Å². The lowest BCUT2D eigenvalue weighted by molar-refractivity contribution is -0.119. The Morgan fingerprint density at radius 2 is 2.12 bits per heavy atom. The molecule has 0 fully saturated rings. The van der Waals surface area contributed by atoms with E-state index in [1.807, 2.05) is 37.3 Å². The summed E-state index contributed by atoms with van der Waals surface area (Å²) in [6, 6.07) is 11.5. The minimum absolute atomic E-state index is 0.00728. The molecule has 9 heteroatoms. The number of carbonyl (C=O) groups is 2. The molecule has 1 N–H and O–H groups in total. The largest absolute Gasteiger partial charge is 0.351 e. The molecule has 3 aromatic rings. The predicted molar refractivity (Wildman–Crippen MR) is 101 cm³/mol. The quantitative estimate of drug-likeness (QED) is 0.495. The third kappa shape index (κ3) is 4.55. The molecule has 26 heavy (non-hydrogen) atoms. The van der Waals surface area contributed by atoms with Crippen LogP contribution in [0.2, 0.25) is 0 Å². The van der Waals surface area contributed by atoms with Gasteiger partial charge < -0.3 is 5.32 Å². The molecule has 0 atom stereocenters. The van der Waals surface area contributed by atoms with Gasteiger partial charge in [0.2, 0.25) is 11.1 Å². The summed E-state index contributed by atoms with van der Waals surface area (Å²) in [5, 5.41) is 15.0. The Hall–Kier alpha value is -2.52. The lowest BCUT2D eigenvalue weighted by Crippen LogP contribution is -2.18. The average Bonchev–Trinajstić information content (AvgIpc) is 3.27. The second kappa shape index (κ2) is 8.24. The van der Waals surface area contributed by atoms with E-state index in [9.17, 15) is 9.59 Å². The summed E-state index contributed by atoms with van der Waals surface area (Å²) in [6.07, 6.45) is 0. The van der Waals surface area contributed by atoms with Crippen LogP contribution >= 0.6 is 23.1 Å². The summed E-state index contributed by atoms with van der Waals surface area (Å²) in [7, 11) is 0. The van der Waals surface area contributed by atoms with Crippen LogP contribution in [0.1, 0.15) is 27.0 Å². The van der Waals surface area contributed by atoms with E-state index < -0.39 is 0 Å². The summed E-state index contributed by atoms with van der Waals surface area (Å²) in [5.74, 6) is 0.157. The number of hydrogen-bond acceptors (Lipinski definition) is 7. The molecule has 0 bridgehead atoms. The Kier molecular flexibility index (Phi) is 5.79. The third-order valence-electron chi connectivity index (χ3n) is 3.47. The molecule has 0 unspecified atom stereocenters. The molecule has 0 saturated heterocycles. The zero-order chi connectivity index (χ0) is 18.5. The number of tetrazole rings is 1. The Bertz CT molecular complexity index is 935. The lowest BCUT2D eigenvalue weighted by atomic mass is 10.2. The van der Waals surface area contributed by atoms with E-state index in [-0.39, 0.29) is 17.4 Å². The summed E-state index contributed by atoms with van der Waals surface area (Å²) >= 11 is 2.69. The number of Topliss-reactive ketones (excluding diaryl/α,β-unsaturated/α-hetero) is 1. The van der Waals surface area contributed by atoms with E-state index >= 15 is 0 Å². The molecule has 2 aromatic heterocycles. The van der Waals surface area contributed by atoms with Gasteiger partial charge in [0.05, 0.1) is 22.9 Å². The number of nitrogens with one attached hydrogen (secondary N) is 1. The lowest BCUT2D eigenvalue weighted by Gasteiger charge is -2.04. The van der Waals surface area contributed by atoms with Gasteiger partial charge in [-0.25, -0.2) is 0 Å². The molecule has 134 valence electrons. The van der Waals surface area contributed by atoms with Crippen LogP contribution in [0.5, 0.6) is 0 Å². The van der Waals surface area contributed by atoms with Gasteiger partial charge in [0.15, 0.2) is 5.78 Å². The van der Waals surface area contributed by atoms with Crippen molar-refractivity contribution in [2.45, 2.75) is 25.5 Å². The molecule has 0 aliphatic rings. The minimum Gasteiger partial charge on any atom is -0.351 e. The molecule has 2 heterocycles. The Morgan fingerprint density at radius 1 is 1.27 bits per heavy atom. The van der Waals surface area contributed by atoms with Crippen molar-refractivity contribution in [1.82, 2.24) is 25.5 Å². The van der Waals surface area contributed by atoms with E-state index in [2.05, 4.69) is 20.8 Å². The molecule has 0 aliphatic heterocycles. The number of thioether (sulfide) groups is 1. The molecule has 3 rings (SSSR count). The van der Waals surface area contributed by atoms with Crippen LogP contribution in [0, 0.1) is 6.92 Å². The van der Waals surface area contributed by atoms with E-state index in [1.165, 1.54) is 30.0 Å². The Labute approximate surface area is 158 Å². The van der Waals surface area contributed by atoms with Crippen molar-refractivity contribution in [3.63, 3.8) is 0 Å². The maximum atomic E-state index is 12.4. The number of thiophene rings is 1. The molecular weight excluding hydrogens is 370 g/mol. The zero-order valence-corrected chi connectivity index (χ0v) is 15.9. The van der Waals surface area contributed by atoms with Crippen molar-refractivity contribution in [3.8, 4) is 5.69 Å². The van der Waals surface area contributed by atoms with E-state index in [0.29, 0.717) is 16.6 Å². The third-order valence-corrected chi connectivity index (χ3v) is 5.51. The monoisotopic (exact) mass is 387 g/mol. The highest BCUT2D eigenvalue weighted by molar-refractivity contribution is 7.99. The summed E-state index contributed by atoms with van der Waals surface area (Å²) in [5.41, 5.74) is 1.97. The number of amides is 1. The normalized spacial score (nSPS) is 10.7. The molecule has 0 aliphatic carbocycles. The van der Waals surface area contributed by atoms with Crippen molar-refractivity contribution < 1.29 is 9.59 Å². The molecular formula is C17H17N5O2S2. The summed E-state index contributed by atoms with van der Waals surface area (Å²) in [4.78, 5) is 25.0. The van der Waals surface area contributed by atoms with Crippen LogP contribution in [-0.4, -0.2) is 37.7 Å². The highest BCUT2D eigenvalue weighted by Crippen LogP contribution is 2.23. The number of ketones is 1. The van der Waals surface area contributed by atoms with Gasteiger partial charge in [-0.2, -0.15) is 4.68 Å². The Balaban J connectivity index is 1.64. The first-order valence-electron chi connectivity index (χ1n) is 7.87. The second-order valence-electron chi connectivity index (χ2n) is 5.60. The highest BCUT2D eigenvalue weighted by atomic mass is 32.2. The summed E-state index contributed by atoms with van der Waals surface area (Å²) in [6.45, 7) is 3.90. The van der Waals surface area contributed by atoms with Crippen molar-refractivity contribution >= 4 is 34.8 Å². The number of benzene rings is 1. The van der Waals surface area contributed by atoms with Crippen LogP contribution in [0.4, 0.5) is 0 Å². The van der Waals surface area contributed by atoms with E-state index in [1.54, 1.807) is 10.7 Å². The van der Waals surface area contributed by atoms with Crippen LogP contribution in [0.3, 0.4) is 0 Å². The zero-order valence-electron chi connectivity index (χ0n) is 14.3. The fourth-order valence-electron chi connectivity index (χ4n) is 2.23. The van der Waals surface area contributed by atoms with Gasteiger partial charge in [-0.15, -0.1) is 16.4 Å². The van der Waals surface area contributed by atoms with Gasteiger partial charge in [0, 0.05) is 11.8 Å². The number of aromatic nitrogens is 4. The van der Waals surface area contributed by atoms with Crippen molar-refractivity contribution in [2.75, 3.05) is 5.75 Å². The SMILES string of the molecule is CC(=O)NCc1ccc(C(=O)CSc2nnnn2-c2cccc(C)c2)s1. The summed E-state index contributed by atoms with van der Waals surface area (Å²) < 4.78 is 1.63. The molecule has 7 nitrogen and oxygen atoms in total. The molecule has 0 radical (unpaired) electrons. The minimum atomic E-state index is -0.0928. The number of aryl methyl sites for hydroxylation is 1. The molecule has 0 saturated carbocycles. The number of nitrogens with zero attached hydrogens (tertiary/aromatic N) is 4. The maximum Gasteiger partial charge on any atom is 0.217 e. The Morgan fingerprint density at radius 3 is 2.88 bits per heavy atom. The number of carbonyl (C=O) groups excluding carboxylic acids is 2. The fourth-order valence-corrected chi connectivity index (χ4v) is 3.98. The fraction of sp³-hybridized carbons (Fsp3) is 0.235. The first-order valence-corrected chi connectivity index (χ1v) is 9.67. The predicted octanol–water partition coefficient (Wildman–Crippen LogP) is 2.64. The van der Waals surface area contributed by atoms with Gasteiger partial charge >= 0.3 is 0 Å². The average molecular weight is 387 g/mol. The van der Waals surface area contributed by atoms with Gasteiger partial charge in [-0.05, 0) is 47.2 Å². The van der Waals surface area contributed by atoms with Crippen LogP contribution in [-0.2, 0) is 11.3 Å². The molecule has 1 amide bonds. The van der Waals surface area contributed by atoms with E-state index in [0.717, 1.165) is 16.1 Å². The second-order valence-corrected chi connectivity index (χ2v) is 7.71.